The summed E-state index contributed by atoms with van der Waals surface area (Å²) >= 11 is 0. The number of imidazole rings is 1. The highest BCUT2D eigenvalue weighted by Gasteiger charge is 2.50. The van der Waals surface area contributed by atoms with E-state index in [1.54, 1.807) is 69.5 Å². The summed E-state index contributed by atoms with van der Waals surface area (Å²) in [7, 11) is 1.46. The molecule has 4 heterocycles. The number of hydrogen-bond acceptors (Lipinski definition) is 12. The first-order valence-corrected chi connectivity index (χ1v) is 18.9. The molecule has 4 bridgehead atoms. The van der Waals surface area contributed by atoms with E-state index < -0.39 is 70.9 Å². The number of aromatic hydroxyl groups is 2. The van der Waals surface area contributed by atoms with E-state index >= 15 is 0 Å². The zero-order chi connectivity index (χ0) is 41.9. The molecule has 304 valence electrons. The molecule has 6 rings (SSSR count). The van der Waals surface area contributed by atoms with Crippen LogP contribution in [0.1, 0.15) is 76.4 Å². The first-order chi connectivity index (χ1) is 26.7. The normalized spacial score (nSPS) is 30.8. The van der Waals surface area contributed by atoms with Gasteiger partial charge in [-0.25, -0.2) is 4.98 Å². The third-order valence-corrected chi connectivity index (χ3v) is 11.6. The topological polar surface area (TPSA) is 198 Å². The number of phenols is 2. The van der Waals surface area contributed by atoms with Crippen LogP contribution in [0.15, 0.2) is 54.5 Å². The van der Waals surface area contributed by atoms with Crippen LogP contribution in [0.5, 0.6) is 17.2 Å². The number of ether oxygens (including phenoxy) is 4. The molecule has 2 aromatic carbocycles. The molecule has 4 aromatic rings. The van der Waals surface area contributed by atoms with E-state index in [9.17, 15) is 34.8 Å². The molecule has 0 saturated heterocycles. The van der Waals surface area contributed by atoms with Crippen LogP contribution < -0.4 is 10.1 Å². The van der Waals surface area contributed by atoms with Crippen LogP contribution in [0.3, 0.4) is 0 Å². The van der Waals surface area contributed by atoms with Gasteiger partial charge in [0.15, 0.2) is 5.75 Å². The van der Waals surface area contributed by atoms with E-state index in [2.05, 4.69) is 5.32 Å². The minimum Gasteiger partial charge on any atom is -0.507 e. The summed E-state index contributed by atoms with van der Waals surface area (Å²) in [6, 6.07) is 3.64. The van der Waals surface area contributed by atoms with Gasteiger partial charge in [-0.2, -0.15) is 0 Å². The molecule has 1 amide bonds. The fraction of sp³-hybridized carbons (Fsp3) is 0.442. The van der Waals surface area contributed by atoms with Crippen molar-refractivity contribution in [2.45, 2.75) is 98.4 Å². The number of Topliss-reactive ketones (excluding diaryl/α,β-unsaturated/α-hetero) is 1. The maximum absolute atomic E-state index is 14.6. The number of aromatic nitrogens is 2. The van der Waals surface area contributed by atoms with E-state index in [0.29, 0.717) is 5.65 Å². The van der Waals surface area contributed by atoms with Crippen molar-refractivity contribution in [3.8, 4) is 17.2 Å². The summed E-state index contributed by atoms with van der Waals surface area (Å²) in [5.74, 6) is -6.34. The lowest BCUT2D eigenvalue weighted by atomic mass is 9.77. The van der Waals surface area contributed by atoms with Crippen molar-refractivity contribution >= 4 is 50.8 Å². The first-order valence-electron chi connectivity index (χ1n) is 18.9. The summed E-state index contributed by atoms with van der Waals surface area (Å²) in [6.07, 6.45) is 6.42. The fourth-order valence-electron chi connectivity index (χ4n) is 7.89. The second kappa shape index (κ2) is 15.1. The van der Waals surface area contributed by atoms with Crippen molar-refractivity contribution in [3.63, 3.8) is 0 Å². The maximum Gasteiger partial charge on any atom is 0.312 e. The molecule has 57 heavy (non-hydrogen) atoms. The van der Waals surface area contributed by atoms with Crippen molar-refractivity contribution in [2.24, 2.45) is 17.8 Å². The van der Waals surface area contributed by atoms with Gasteiger partial charge in [0, 0.05) is 67.9 Å². The first kappa shape index (κ1) is 41.2. The fourth-order valence-corrected chi connectivity index (χ4v) is 7.89. The Morgan fingerprint density at radius 1 is 1.05 bits per heavy atom. The second-order valence-electron chi connectivity index (χ2n) is 15.8. The lowest BCUT2D eigenvalue weighted by Gasteiger charge is -2.40. The van der Waals surface area contributed by atoms with Crippen LogP contribution in [0.2, 0.25) is 0 Å². The molecular formula is C43H51N3O11. The molecule has 14 heteroatoms. The van der Waals surface area contributed by atoms with Gasteiger partial charge in [0.25, 0.3) is 11.7 Å². The minimum atomic E-state index is -1.96. The number of amides is 1. The zero-order valence-electron chi connectivity index (χ0n) is 33.8. The predicted octanol–water partition coefficient (Wildman–Crippen LogP) is 6.30. The van der Waals surface area contributed by atoms with Crippen LogP contribution >= 0.6 is 0 Å². The number of phenolic OH excluding ortho intramolecular Hbond substituents is 2. The number of carbonyl (C=O) groups excluding carboxylic acids is 3. The van der Waals surface area contributed by atoms with Crippen LogP contribution in [0.25, 0.3) is 27.5 Å². The van der Waals surface area contributed by atoms with Gasteiger partial charge in [-0.1, -0.05) is 39.0 Å². The van der Waals surface area contributed by atoms with E-state index in [1.165, 1.54) is 40.2 Å². The van der Waals surface area contributed by atoms with Gasteiger partial charge in [0.2, 0.25) is 0 Å². The molecule has 0 saturated carbocycles. The molecule has 0 fully saturated rings. The van der Waals surface area contributed by atoms with Gasteiger partial charge >= 0.3 is 11.8 Å². The number of rotatable bonds is 2. The van der Waals surface area contributed by atoms with Crippen LogP contribution in [0.4, 0.5) is 5.69 Å². The van der Waals surface area contributed by atoms with Crippen molar-refractivity contribution in [1.82, 2.24) is 9.38 Å². The molecule has 0 aliphatic carbocycles. The van der Waals surface area contributed by atoms with E-state index in [1.807, 2.05) is 13.0 Å². The average molecular weight is 786 g/mol. The summed E-state index contributed by atoms with van der Waals surface area (Å²) in [5, 5.41) is 49.3. The number of anilines is 1. The Hall–Kier alpha value is -5.44. The van der Waals surface area contributed by atoms with Gasteiger partial charge in [-0.05, 0) is 51.5 Å². The number of pyridine rings is 1. The Morgan fingerprint density at radius 2 is 1.75 bits per heavy atom. The number of benzene rings is 2. The standard InChI is InChI=1S/C43H51N3O11/c1-20-14-16-46-29(18-20)44-33-30-31-37(50)24(5)39-32(30)40(52)43(9,57-39)55-17-15-28(54-10)25(6)42(8,56-26(7)47)19-27(48)23(4)36(49)21(2)12-11-13-22(3)41(53)45-34(35(33)46)38(31)51/h11-18,21,23,25,27-28,36,48-51H,19H2,1-10H3,(H,45,53)/b12-11+,17-15+,22-13-/t21-,23-,25+,27-,28-,36-,42+,43-/m0/s1. The van der Waals surface area contributed by atoms with E-state index in [4.69, 9.17) is 23.9 Å². The number of aliphatic hydroxyl groups is 2. The molecule has 2 aromatic heterocycles. The third-order valence-electron chi connectivity index (χ3n) is 11.6. The molecule has 2 aliphatic rings. The number of fused-ring (bicyclic) bond motifs is 2. The molecule has 0 radical (unpaired) electrons. The van der Waals surface area contributed by atoms with Crippen LogP contribution in [-0.4, -0.2) is 84.3 Å². The summed E-state index contributed by atoms with van der Waals surface area (Å²) < 4.78 is 25.6. The number of aliphatic hydroxyl groups excluding tert-OH is 2. The Balaban J connectivity index is 1.58. The number of nitrogens with one attached hydrogen (secondary N) is 1. The van der Waals surface area contributed by atoms with Gasteiger partial charge in [-0.3, -0.25) is 18.8 Å². The molecular weight excluding hydrogens is 734 g/mol. The minimum absolute atomic E-state index is 0.0173. The predicted molar refractivity (Wildman–Crippen MR) is 213 cm³/mol. The Kier molecular flexibility index (Phi) is 10.9. The second-order valence-corrected chi connectivity index (χ2v) is 15.8. The van der Waals surface area contributed by atoms with Crippen molar-refractivity contribution in [3.05, 3.63) is 71.2 Å². The van der Waals surface area contributed by atoms with E-state index in [0.717, 1.165) is 5.56 Å². The SMILES string of the molecule is CO[C@H]1/C=C/O[C@@]2(C)Oc3c(C)c(O)c4c(O)c(c5c(nc6cc(C)ccn65)c4c3C2=O)NC(=O)/C(C)=C\C=C\[C@H](C)[C@H](O)[C@@H](C)[C@@H](O)C[C@@](C)(OC(C)=O)[C@@H]1C. The number of carbonyl (C=O) groups is 3. The Labute approximate surface area is 330 Å². The van der Waals surface area contributed by atoms with Gasteiger partial charge in [-0.15, -0.1) is 0 Å². The Morgan fingerprint density at radius 3 is 2.42 bits per heavy atom. The average Bonchev–Trinajstić information content (AvgIpc) is 3.65. The number of allylic oxidation sites excluding steroid dienone is 2. The largest absolute Gasteiger partial charge is 0.507 e. The van der Waals surface area contributed by atoms with Crippen LogP contribution in [-0.2, 0) is 23.8 Å². The van der Waals surface area contributed by atoms with E-state index in [-0.39, 0.29) is 62.1 Å². The molecule has 0 spiro atoms. The number of methoxy groups -OCH3 is 1. The zero-order valence-corrected chi connectivity index (χ0v) is 33.8. The smallest absolute Gasteiger partial charge is 0.312 e. The lowest BCUT2D eigenvalue weighted by molar-refractivity contribution is -0.171. The third kappa shape index (κ3) is 7.10. The highest BCUT2D eigenvalue weighted by molar-refractivity contribution is 6.28. The number of esters is 1. The highest BCUT2D eigenvalue weighted by atomic mass is 16.7. The molecule has 8 atom stereocenters. The summed E-state index contributed by atoms with van der Waals surface area (Å²) in [5.41, 5.74) is 0.880. The van der Waals surface area contributed by atoms with Gasteiger partial charge in [0.1, 0.15) is 39.5 Å². The van der Waals surface area contributed by atoms with Crippen molar-refractivity contribution < 1.29 is 53.8 Å². The lowest BCUT2D eigenvalue weighted by Crippen LogP contribution is -2.48. The molecule has 0 unspecified atom stereocenters. The highest BCUT2D eigenvalue weighted by Crippen LogP contribution is 2.54. The quantitative estimate of drug-likeness (QED) is 0.112. The summed E-state index contributed by atoms with van der Waals surface area (Å²) in [4.78, 5) is 45.6. The Bertz CT molecular complexity index is 2400. The van der Waals surface area contributed by atoms with Crippen molar-refractivity contribution in [1.29, 1.82) is 0 Å². The number of nitrogens with zero attached hydrogens (tertiary/aromatic N) is 2. The molecule has 2 aliphatic heterocycles. The monoisotopic (exact) mass is 785 g/mol. The molecule has 5 N–H and O–H groups in total. The number of hydrogen-bond donors (Lipinski definition) is 5. The number of aryl methyl sites for hydroxylation is 1. The maximum atomic E-state index is 14.6. The van der Waals surface area contributed by atoms with Crippen LogP contribution in [0, 0.1) is 31.6 Å². The van der Waals surface area contributed by atoms with Crippen molar-refractivity contribution in [2.75, 3.05) is 12.4 Å². The van der Waals surface area contributed by atoms with Gasteiger partial charge in [0.05, 0.1) is 35.5 Å². The summed E-state index contributed by atoms with van der Waals surface area (Å²) in [6.45, 7) is 14.6. The van der Waals surface area contributed by atoms with Gasteiger partial charge < -0.3 is 44.7 Å². The number of ketones is 1. The molecule has 14 nitrogen and oxygen atoms in total.